The van der Waals surface area contributed by atoms with Crippen molar-refractivity contribution in [1.29, 1.82) is 0 Å². The highest BCUT2D eigenvalue weighted by Crippen LogP contribution is 2.19. The molecule has 2 N–H and O–H groups in total. The fourth-order valence-electron chi connectivity index (χ4n) is 3.28. The highest BCUT2D eigenvalue weighted by molar-refractivity contribution is 6.31. The van der Waals surface area contributed by atoms with Gasteiger partial charge in [-0.05, 0) is 48.6 Å². The molecule has 0 spiro atoms. The van der Waals surface area contributed by atoms with Crippen molar-refractivity contribution < 1.29 is 9.32 Å². The number of benzene rings is 2. The highest BCUT2D eigenvalue weighted by Gasteiger charge is 2.14. The van der Waals surface area contributed by atoms with E-state index in [1.54, 1.807) is 12.1 Å². The van der Waals surface area contributed by atoms with Gasteiger partial charge in [-0.15, -0.1) is 0 Å². The van der Waals surface area contributed by atoms with Gasteiger partial charge in [-0.25, -0.2) is 0 Å². The molecule has 0 aliphatic rings. The van der Waals surface area contributed by atoms with Crippen LogP contribution in [0.3, 0.4) is 0 Å². The summed E-state index contributed by atoms with van der Waals surface area (Å²) < 4.78 is 5.27. The second-order valence-electron chi connectivity index (χ2n) is 7.34. The molecule has 158 valence electrons. The summed E-state index contributed by atoms with van der Waals surface area (Å²) in [6.07, 6.45) is 1.30. The maximum absolute atomic E-state index is 12.4. The zero-order valence-corrected chi connectivity index (χ0v) is 17.7. The lowest BCUT2D eigenvalue weighted by Crippen LogP contribution is -2.22. The minimum Gasteiger partial charge on any atom is -0.352 e. The molecule has 2 aromatic carbocycles. The van der Waals surface area contributed by atoms with Crippen LogP contribution < -0.4 is 10.9 Å². The standard InChI is InChI=1S/C23H21ClN4O3/c1-14-9-10-19-16(11-14)12-17(23(30)26-19)22-27-21(31-28-22)8-4-7-20(29)25-13-15-5-2-3-6-18(15)24/h2-3,5-6,9-12H,4,7-8,13H2,1H3,(H,25,29)(H,26,30). The molecule has 0 atom stereocenters. The molecule has 0 bridgehead atoms. The van der Waals surface area contributed by atoms with Gasteiger partial charge in [0, 0.05) is 29.9 Å². The van der Waals surface area contributed by atoms with Gasteiger partial charge in [0.15, 0.2) is 0 Å². The van der Waals surface area contributed by atoms with Crippen LogP contribution in [0.25, 0.3) is 22.3 Å². The molecule has 8 heteroatoms. The summed E-state index contributed by atoms with van der Waals surface area (Å²) in [5.74, 6) is 0.543. The van der Waals surface area contributed by atoms with Crippen LogP contribution in [-0.4, -0.2) is 21.0 Å². The summed E-state index contributed by atoms with van der Waals surface area (Å²) in [5, 5.41) is 8.31. The highest BCUT2D eigenvalue weighted by atomic mass is 35.5. The number of aryl methyl sites for hydroxylation is 2. The van der Waals surface area contributed by atoms with Gasteiger partial charge in [0.25, 0.3) is 5.56 Å². The lowest BCUT2D eigenvalue weighted by molar-refractivity contribution is -0.121. The molecule has 31 heavy (non-hydrogen) atoms. The Hall–Kier alpha value is -3.45. The predicted molar refractivity (Wildman–Crippen MR) is 119 cm³/mol. The number of rotatable bonds is 7. The van der Waals surface area contributed by atoms with Gasteiger partial charge in [0.05, 0.1) is 5.56 Å². The topological polar surface area (TPSA) is 101 Å². The van der Waals surface area contributed by atoms with Crippen molar-refractivity contribution in [2.75, 3.05) is 0 Å². The van der Waals surface area contributed by atoms with Crippen LogP contribution in [0.4, 0.5) is 0 Å². The van der Waals surface area contributed by atoms with E-state index in [9.17, 15) is 9.59 Å². The summed E-state index contributed by atoms with van der Waals surface area (Å²) in [6.45, 7) is 2.37. The number of carbonyl (C=O) groups is 1. The third-order valence-electron chi connectivity index (χ3n) is 4.94. The van der Waals surface area contributed by atoms with Crippen LogP contribution in [0.15, 0.2) is 57.8 Å². The quantitative estimate of drug-likeness (QED) is 0.452. The Kier molecular flexibility index (Phi) is 6.13. The monoisotopic (exact) mass is 436 g/mol. The molecule has 0 saturated carbocycles. The first-order valence-corrected chi connectivity index (χ1v) is 10.3. The average Bonchev–Trinajstić information content (AvgIpc) is 3.21. The van der Waals surface area contributed by atoms with Crippen LogP contribution >= 0.6 is 11.6 Å². The fraction of sp³-hybridized carbons (Fsp3) is 0.217. The van der Waals surface area contributed by atoms with Crippen LogP contribution in [0.2, 0.25) is 5.02 Å². The maximum atomic E-state index is 12.4. The summed E-state index contributed by atoms with van der Waals surface area (Å²) in [4.78, 5) is 31.6. The van der Waals surface area contributed by atoms with Gasteiger partial charge in [-0.2, -0.15) is 4.98 Å². The van der Waals surface area contributed by atoms with Crippen molar-refractivity contribution >= 4 is 28.4 Å². The van der Waals surface area contributed by atoms with Crippen molar-refractivity contribution in [2.45, 2.75) is 32.7 Å². The third kappa shape index (κ3) is 5.00. The molecule has 0 unspecified atom stereocenters. The Morgan fingerprint density at radius 3 is 2.87 bits per heavy atom. The number of pyridine rings is 1. The molecule has 2 aromatic heterocycles. The minimum absolute atomic E-state index is 0.0824. The Bertz CT molecular complexity index is 1300. The van der Waals surface area contributed by atoms with Crippen molar-refractivity contribution in [3.63, 3.8) is 0 Å². The van der Waals surface area contributed by atoms with Crippen molar-refractivity contribution in [1.82, 2.24) is 20.4 Å². The molecule has 0 fully saturated rings. The number of aromatic amines is 1. The molecule has 4 aromatic rings. The van der Waals surface area contributed by atoms with Gasteiger partial charge in [0.1, 0.15) is 0 Å². The molecule has 0 aliphatic carbocycles. The summed E-state index contributed by atoms with van der Waals surface area (Å²) in [7, 11) is 0. The fourth-order valence-corrected chi connectivity index (χ4v) is 3.48. The van der Waals surface area contributed by atoms with E-state index >= 15 is 0 Å². The minimum atomic E-state index is -0.275. The van der Waals surface area contributed by atoms with E-state index in [2.05, 4.69) is 20.4 Å². The van der Waals surface area contributed by atoms with Gasteiger partial charge in [-0.3, -0.25) is 9.59 Å². The van der Waals surface area contributed by atoms with E-state index in [1.165, 1.54) is 0 Å². The van der Waals surface area contributed by atoms with Gasteiger partial charge in [-0.1, -0.05) is 46.6 Å². The summed E-state index contributed by atoms with van der Waals surface area (Å²) in [5.41, 5.74) is 2.79. The number of H-pyrrole nitrogens is 1. The smallest absolute Gasteiger partial charge is 0.259 e. The predicted octanol–water partition coefficient (Wildman–Crippen LogP) is 4.18. The Labute approximate surface area is 183 Å². The molecule has 1 amide bonds. The second-order valence-corrected chi connectivity index (χ2v) is 7.74. The van der Waals surface area contributed by atoms with E-state index in [4.69, 9.17) is 16.1 Å². The Balaban J connectivity index is 1.35. The van der Waals surface area contributed by atoms with Crippen molar-refractivity contribution in [3.05, 3.63) is 80.9 Å². The molecule has 7 nitrogen and oxygen atoms in total. The van der Waals surface area contributed by atoms with E-state index in [1.807, 2.05) is 43.3 Å². The first-order valence-electron chi connectivity index (χ1n) is 9.96. The van der Waals surface area contributed by atoms with E-state index < -0.39 is 0 Å². The number of hydrogen-bond acceptors (Lipinski definition) is 5. The number of fused-ring (bicyclic) bond motifs is 1. The van der Waals surface area contributed by atoms with Gasteiger partial charge < -0.3 is 14.8 Å². The maximum Gasteiger partial charge on any atom is 0.259 e. The van der Waals surface area contributed by atoms with E-state index in [0.717, 1.165) is 22.0 Å². The Morgan fingerprint density at radius 2 is 2.03 bits per heavy atom. The number of nitrogens with one attached hydrogen (secondary N) is 2. The molecule has 0 aliphatic heterocycles. The largest absolute Gasteiger partial charge is 0.352 e. The average molecular weight is 437 g/mol. The molecular weight excluding hydrogens is 416 g/mol. The van der Waals surface area contributed by atoms with Crippen LogP contribution in [0.5, 0.6) is 0 Å². The summed E-state index contributed by atoms with van der Waals surface area (Å²) in [6, 6.07) is 14.9. The number of nitrogens with zero attached hydrogens (tertiary/aromatic N) is 2. The van der Waals surface area contributed by atoms with Crippen LogP contribution in [0, 0.1) is 6.92 Å². The number of carbonyl (C=O) groups excluding carboxylic acids is 1. The first-order chi connectivity index (χ1) is 15.0. The van der Waals surface area contributed by atoms with Crippen molar-refractivity contribution in [2.24, 2.45) is 0 Å². The first kappa shape index (κ1) is 20.8. The van der Waals surface area contributed by atoms with E-state index in [0.29, 0.717) is 42.3 Å². The third-order valence-corrected chi connectivity index (χ3v) is 5.31. The number of hydrogen-bond donors (Lipinski definition) is 2. The molecular formula is C23H21ClN4O3. The van der Waals surface area contributed by atoms with Gasteiger partial charge in [0.2, 0.25) is 17.6 Å². The number of aromatic nitrogens is 3. The molecule has 4 rings (SSSR count). The molecule has 2 heterocycles. The molecule has 0 radical (unpaired) electrons. The summed E-state index contributed by atoms with van der Waals surface area (Å²) >= 11 is 6.09. The molecule has 0 saturated heterocycles. The normalized spacial score (nSPS) is 11.0. The zero-order valence-electron chi connectivity index (χ0n) is 16.9. The van der Waals surface area contributed by atoms with Gasteiger partial charge >= 0.3 is 0 Å². The van der Waals surface area contributed by atoms with Crippen molar-refractivity contribution in [3.8, 4) is 11.4 Å². The van der Waals surface area contributed by atoms with Crippen LogP contribution in [0.1, 0.15) is 29.9 Å². The number of amides is 1. The van der Waals surface area contributed by atoms with E-state index in [-0.39, 0.29) is 17.3 Å². The number of halogens is 1. The lowest BCUT2D eigenvalue weighted by Gasteiger charge is -2.06. The van der Waals surface area contributed by atoms with Crippen LogP contribution in [-0.2, 0) is 17.8 Å². The second kappa shape index (κ2) is 9.14. The zero-order chi connectivity index (χ0) is 21.8. The Morgan fingerprint density at radius 1 is 1.19 bits per heavy atom. The SMILES string of the molecule is Cc1ccc2[nH]c(=O)c(-c3noc(CCCC(=O)NCc4ccccc4Cl)n3)cc2c1. The lowest BCUT2D eigenvalue weighted by atomic mass is 10.1.